The predicted molar refractivity (Wildman–Crippen MR) is 362 cm³/mol. The van der Waals surface area contributed by atoms with Crippen LogP contribution >= 0.6 is 0 Å². The second-order valence-electron chi connectivity index (χ2n) is 24.5. The first-order valence-electron chi connectivity index (χ1n) is 36.4. The zero-order valence-electron chi connectivity index (χ0n) is 55.5. The van der Waals surface area contributed by atoms with Gasteiger partial charge in [0.1, 0.15) is 13.2 Å². The fourth-order valence-electron chi connectivity index (χ4n) is 10.7. The van der Waals surface area contributed by atoms with Crippen molar-refractivity contribution in [2.75, 3.05) is 13.2 Å². The zero-order chi connectivity index (χ0) is 59.9. The van der Waals surface area contributed by atoms with E-state index in [1.54, 1.807) is 0 Å². The minimum atomic E-state index is -0.784. The van der Waals surface area contributed by atoms with E-state index in [2.05, 4.69) is 93.7 Å². The second-order valence-corrected chi connectivity index (χ2v) is 24.5. The molecule has 83 heavy (non-hydrogen) atoms. The summed E-state index contributed by atoms with van der Waals surface area (Å²) in [7, 11) is 0. The Bertz CT molecular complexity index is 1520. The van der Waals surface area contributed by atoms with Crippen LogP contribution in [-0.4, -0.2) is 37.2 Å². The van der Waals surface area contributed by atoms with E-state index in [0.29, 0.717) is 19.3 Å². The van der Waals surface area contributed by atoms with Crippen LogP contribution in [0.2, 0.25) is 0 Å². The van der Waals surface area contributed by atoms with Crippen LogP contribution in [0, 0.1) is 0 Å². The van der Waals surface area contributed by atoms with Gasteiger partial charge in [-0.15, -0.1) is 0 Å². The largest absolute Gasteiger partial charge is 0.462 e. The van der Waals surface area contributed by atoms with Crippen molar-refractivity contribution in [3.8, 4) is 0 Å². The van der Waals surface area contributed by atoms with Crippen molar-refractivity contribution in [2.24, 2.45) is 0 Å². The maximum Gasteiger partial charge on any atom is 0.306 e. The third kappa shape index (κ3) is 69.5. The van der Waals surface area contributed by atoms with Crippen molar-refractivity contribution in [1.29, 1.82) is 0 Å². The number of allylic oxidation sites excluding steroid dienone is 12. The topological polar surface area (TPSA) is 78.9 Å². The highest BCUT2D eigenvalue weighted by Gasteiger charge is 2.19. The number of carbonyl (C=O) groups excluding carboxylic acids is 3. The van der Waals surface area contributed by atoms with E-state index in [0.717, 1.165) is 96.3 Å². The SMILES string of the molecule is CCCCC/C=C\C/C=C\C/C=C\CCCCCCCCC(=O)OC(COC(=O)CCCCCCCCCCCCCC/C=C\C/C=C\C/C=C\CCCCCCC)COC(=O)CCCCCCCCCCCCCCCCCCCCC. The molecule has 0 radical (unpaired) electrons. The van der Waals surface area contributed by atoms with Gasteiger partial charge in [0.25, 0.3) is 0 Å². The minimum absolute atomic E-state index is 0.0772. The van der Waals surface area contributed by atoms with E-state index in [4.69, 9.17) is 14.2 Å². The number of rotatable bonds is 67. The molecule has 0 bridgehead atoms. The summed E-state index contributed by atoms with van der Waals surface area (Å²) in [6.45, 7) is 6.65. The predicted octanol–water partition coefficient (Wildman–Crippen LogP) is 25.2. The molecule has 6 heteroatoms. The van der Waals surface area contributed by atoms with Gasteiger partial charge >= 0.3 is 17.9 Å². The number of esters is 3. The Morgan fingerprint density at radius 1 is 0.241 bits per heavy atom. The molecule has 0 fully saturated rings. The first-order valence-corrected chi connectivity index (χ1v) is 36.4. The van der Waals surface area contributed by atoms with E-state index in [9.17, 15) is 14.4 Å². The third-order valence-corrected chi connectivity index (χ3v) is 16.2. The molecule has 0 aromatic carbocycles. The van der Waals surface area contributed by atoms with E-state index in [-0.39, 0.29) is 31.1 Å². The maximum atomic E-state index is 13.0. The Labute approximate surface area is 516 Å². The van der Waals surface area contributed by atoms with Gasteiger partial charge < -0.3 is 14.2 Å². The summed E-state index contributed by atoms with van der Waals surface area (Å²) in [4.78, 5) is 38.5. The van der Waals surface area contributed by atoms with E-state index in [1.807, 2.05) is 0 Å². The standard InChI is InChI=1S/C77H138O6/c1-4-7-10-13-16-19-22-25-28-31-34-35-36-37-38-39-40-41-44-46-49-52-55-58-61-64-67-70-76(79)82-73-74(83-77(80)71-68-65-62-59-56-53-50-47-43-33-30-27-24-21-18-15-12-9-6-3)72-81-75(78)69-66-63-60-57-54-51-48-45-42-32-29-26-23-20-17-14-11-8-5-2/h18,21-22,25,27,30-31,34,36-37,43,47,74H,4-17,19-20,23-24,26,28-29,32-33,35,38-42,44-46,48-73H2,1-3H3/b21-18-,25-22-,30-27-,34-31-,37-36-,47-43-. The van der Waals surface area contributed by atoms with Crippen LogP contribution < -0.4 is 0 Å². The van der Waals surface area contributed by atoms with Crippen molar-refractivity contribution in [3.63, 3.8) is 0 Å². The Morgan fingerprint density at radius 2 is 0.434 bits per heavy atom. The highest BCUT2D eigenvalue weighted by molar-refractivity contribution is 5.71. The average Bonchev–Trinajstić information content (AvgIpc) is 3.50. The lowest BCUT2D eigenvalue weighted by Crippen LogP contribution is -2.30. The summed E-state index contributed by atoms with van der Waals surface area (Å²) in [6, 6.07) is 0. The summed E-state index contributed by atoms with van der Waals surface area (Å²) >= 11 is 0. The Kier molecular flexibility index (Phi) is 68.6. The fourth-order valence-corrected chi connectivity index (χ4v) is 10.7. The fraction of sp³-hybridized carbons (Fsp3) is 0.805. The van der Waals surface area contributed by atoms with Gasteiger partial charge in [0.05, 0.1) is 0 Å². The van der Waals surface area contributed by atoms with Crippen LogP contribution in [0.4, 0.5) is 0 Å². The molecular weight excluding hydrogens is 1020 g/mol. The number of ether oxygens (including phenoxy) is 3. The second kappa shape index (κ2) is 71.3. The lowest BCUT2D eigenvalue weighted by Gasteiger charge is -2.18. The van der Waals surface area contributed by atoms with Crippen LogP contribution in [0.3, 0.4) is 0 Å². The van der Waals surface area contributed by atoms with Crippen LogP contribution in [0.1, 0.15) is 380 Å². The number of hydrogen-bond donors (Lipinski definition) is 0. The molecule has 6 nitrogen and oxygen atoms in total. The minimum Gasteiger partial charge on any atom is -0.462 e. The molecule has 0 aliphatic rings. The zero-order valence-corrected chi connectivity index (χ0v) is 55.5. The summed E-state index contributed by atoms with van der Waals surface area (Å²) in [6.07, 6.45) is 93.5. The summed E-state index contributed by atoms with van der Waals surface area (Å²) in [5, 5.41) is 0. The smallest absolute Gasteiger partial charge is 0.306 e. The van der Waals surface area contributed by atoms with Gasteiger partial charge in [-0.3, -0.25) is 14.4 Å². The van der Waals surface area contributed by atoms with Crippen LogP contribution in [-0.2, 0) is 28.6 Å². The van der Waals surface area contributed by atoms with Crippen molar-refractivity contribution in [3.05, 3.63) is 72.9 Å². The molecule has 0 aliphatic carbocycles. The number of unbranched alkanes of at least 4 members (excludes halogenated alkanes) is 44. The van der Waals surface area contributed by atoms with Crippen molar-refractivity contribution < 1.29 is 28.6 Å². The summed E-state index contributed by atoms with van der Waals surface area (Å²) < 4.78 is 17.0. The number of carbonyl (C=O) groups is 3. The van der Waals surface area contributed by atoms with Crippen molar-refractivity contribution in [2.45, 2.75) is 386 Å². The molecule has 0 N–H and O–H groups in total. The molecule has 0 amide bonds. The molecule has 0 aromatic rings. The Balaban J connectivity index is 4.33. The van der Waals surface area contributed by atoms with E-state index < -0.39 is 6.10 Å². The highest BCUT2D eigenvalue weighted by atomic mass is 16.6. The van der Waals surface area contributed by atoms with Crippen molar-refractivity contribution >= 4 is 17.9 Å². The quantitative estimate of drug-likeness (QED) is 0.0261. The Morgan fingerprint density at radius 3 is 0.699 bits per heavy atom. The van der Waals surface area contributed by atoms with Gasteiger partial charge in [0, 0.05) is 19.3 Å². The molecule has 0 saturated carbocycles. The average molecular weight is 1160 g/mol. The van der Waals surface area contributed by atoms with Gasteiger partial charge in [-0.2, -0.15) is 0 Å². The first-order chi connectivity index (χ1) is 41.0. The van der Waals surface area contributed by atoms with Crippen LogP contribution in [0.15, 0.2) is 72.9 Å². The monoisotopic (exact) mass is 1160 g/mol. The van der Waals surface area contributed by atoms with Gasteiger partial charge in [0.2, 0.25) is 0 Å². The Hall–Kier alpha value is -3.15. The number of hydrogen-bond acceptors (Lipinski definition) is 6. The highest BCUT2D eigenvalue weighted by Crippen LogP contribution is 2.18. The molecule has 1 atom stereocenters. The molecule has 0 aliphatic heterocycles. The van der Waals surface area contributed by atoms with Gasteiger partial charge in [-0.25, -0.2) is 0 Å². The van der Waals surface area contributed by atoms with Gasteiger partial charge in [0.15, 0.2) is 6.10 Å². The van der Waals surface area contributed by atoms with Crippen molar-refractivity contribution in [1.82, 2.24) is 0 Å². The lowest BCUT2D eigenvalue weighted by molar-refractivity contribution is -0.167. The maximum absolute atomic E-state index is 13.0. The molecule has 0 saturated heterocycles. The third-order valence-electron chi connectivity index (χ3n) is 16.2. The van der Waals surface area contributed by atoms with E-state index in [1.165, 1.54) is 244 Å². The van der Waals surface area contributed by atoms with Gasteiger partial charge in [-0.1, -0.05) is 338 Å². The molecule has 1 unspecified atom stereocenters. The molecule has 0 aromatic heterocycles. The molecule has 0 rings (SSSR count). The summed E-state index contributed by atoms with van der Waals surface area (Å²) in [5.41, 5.74) is 0. The molecule has 0 spiro atoms. The van der Waals surface area contributed by atoms with Gasteiger partial charge in [-0.05, 0) is 96.3 Å². The molecular formula is C77H138O6. The normalized spacial score (nSPS) is 12.5. The van der Waals surface area contributed by atoms with Crippen LogP contribution in [0.5, 0.6) is 0 Å². The van der Waals surface area contributed by atoms with E-state index >= 15 is 0 Å². The summed E-state index contributed by atoms with van der Waals surface area (Å²) in [5.74, 6) is -0.868. The van der Waals surface area contributed by atoms with Crippen LogP contribution in [0.25, 0.3) is 0 Å². The first kappa shape index (κ1) is 79.8. The lowest BCUT2D eigenvalue weighted by atomic mass is 10.0. The molecule has 482 valence electrons. The molecule has 0 heterocycles.